The van der Waals surface area contributed by atoms with Crippen molar-refractivity contribution in [1.29, 1.82) is 0 Å². The average Bonchev–Trinajstić information content (AvgIpc) is 2.69. The van der Waals surface area contributed by atoms with Crippen LogP contribution in [0.1, 0.15) is 52.8 Å². The summed E-state index contributed by atoms with van der Waals surface area (Å²) in [6.45, 7) is 12.2. The highest BCUT2D eigenvalue weighted by atomic mass is 79.9. The van der Waals surface area contributed by atoms with Crippen molar-refractivity contribution in [1.82, 2.24) is 9.47 Å². The van der Waals surface area contributed by atoms with Crippen LogP contribution in [0, 0.1) is 0 Å². The van der Waals surface area contributed by atoms with Crippen LogP contribution in [0.3, 0.4) is 0 Å². The van der Waals surface area contributed by atoms with Crippen molar-refractivity contribution in [2.75, 3.05) is 13.1 Å². The number of rotatable bonds is 0. The van der Waals surface area contributed by atoms with E-state index in [0.29, 0.717) is 25.9 Å². The lowest BCUT2D eigenvalue weighted by Crippen LogP contribution is -2.38. The number of nitrogens with zero attached hydrogens (tertiary/aromatic N) is 2. The second-order valence-corrected chi connectivity index (χ2v) is 10.3. The van der Waals surface area contributed by atoms with E-state index in [9.17, 15) is 9.59 Å². The summed E-state index contributed by atoms with van der Waals surface area (Å²) in [7, 11) is 0. The van der Waals surface area contributed by atoms with E-state index in [-0.39, 0.29) is 6.09 Å². The summed E-state index contributed by atoms with van der Waals surface area (Å²) in [5, 5.41) is 1.01. The van der Waals surface area contributed by atoms with Gasteiger partial charge in [-0.1, -0.05) is 22.0 Å². The van der Waals surface area contributed by atoms with Gasteiger partial charge in [-0.2, -0.15) is 0 Å². The molecule has 0 saturated carbocycles. The summed E-state index contributed by atoms with van der Waals surface area (Å²) in [6.07, 6.45) is 0.494. The Labute approximate surface area is 180 Å². The maximum atomic E-state index is 13.1. The Bertz CT molecular complexity index is 950. The first-order valence-electron chi connectivity index (χ1n) is 9.89. The van der Waals surface area contributed by atoms with Crippen molar-refractivity contribution < 1.29 is 19.1 Å². The smallest absolute Gasteiger partial charge is 0.419 e. The largest absolute Gasteiger partial charge is 0.444 e. The van der Waals surface area contributed by atoms with Gasteiger partial charge in [0.05, 0.1) is 5.52 Å². The van der Waals surface area contributed by atoms with Crippen molar-refractivity contribution in [3.63, 3.8) is 0 Å². The van der Waals surface area contributed by atoms with Crippen LogP contribution in [-0.4, -0.2) is 45.9 Å². The molecule has 1 aliphatic rings. The highest BCUT2D eigenvalue weighted by molar-refractivity contribution is 9.10. The van der Waals surface area contributed by atoms with Gasteiger partial charge < -0.3 is 14.4 Å². The second kappa shape index (κ2) is 7.67. The lowest BCUT2D eigenvalue weighted by Gasteiger charge is -2.26. The number of carbonyl (C=O) groups is 2. The Morgan fingerprint density at radius 3 is 2.14 bits per heavy atom. The summed E-state index contributed by atoms with van der Waals surface area (Å²) in [5.41, 5.74) is 1.67. The third kappa shape index (κ3) is 4.94. The molecule has 2 heterocycles. The van der Waals surface area contributed by atoms with Gasteiger partial charge in [0.15, 0.2) is 0 Å². The molecule has 1 amide bonds. The minimum Gasteiger partial charge on any atom is -0.444 e. The zero-order valence-corrected chi connectivity index (χ0v) is 19.6. The quantitative estimate of drug-likeness (QED) is 0.514. The van der Waals surface area contributed by atoms with Crippen LogP contribution in [0.25, 0.3) is 10.9 Å². The van der Waals surface area contributed by atoms with Gasteiger partial charge in [0.2, 0.25) is 0 Å². The van der Waals surface area contributed by atoms with E-state index in [2.05, 4.69) is 15.9 Å². The Morgan fingerprint density at radius 1 is 0.931 bits per heavy atom. The molecule has 0 N–H and O–H groups in total. The predicted molar refractivity (Wildman–Crippen MR) is 116 cm³/mol. The number of fused-ring (bicyclic) bond motifs is 3. The molecule has 0 unspecified atom stereocenters. The first kappa shape index (κ1) is 21.7. The van der Waals surface area contributed by atoms with Crippen LogP contribution in [-0.2, 0) is 22.3 Å². The maximum Gasteiger partial charge on any atom is 0.419 e. The molecule has 0 aliphatic carbocycles. The summed E-state index contributed by atoms with van der Waals surface area (Å²) in [4.78, 5) is 27.3. The molecule has 0 bridgehead atoms. The van der Waals surface area contributed by atoms with Crippen LogP contribution in [0.2, 0.25) is 0 Å². The van der Waals surface area contributed by atoms with E-state index in [4.69, 9.17) is 9.47 Å². The Kier molecular flexibility index (Phi) is 5.73. The average molecular weight is 465 g/mol. The van der Waals surface area contributed by atoms with Crippen molar-refractivity contribution in [2.45, 2.75) is 65.6 Å². The lowest BCUT2D eigenvalue weighted by molar-refractivity contribution is 0.0258. The Hall–Kier alpha value is -2.02. The molecule has 7 heteroatoms. The molecule has 2 aromatic rings. The molecular weight excluding hydrogens is 436 g/mol. The fourth-order valence-electron chi connectivity index (χ4n) is 3.55. The van der Waals surface area contributed by atoms with Gasteiger partial charge in [-0.05, 0) is 65.7 Å². The minimum absolute atomic E-state index is 0.321. The number of benzene rings is 1. The van der Waals surface area contributed by atoms with Gasteiger partial charge in [0, 0.05) is 35.1 Å². The highest BCUT2D eigenvalue weighted by Crippen LogP contribution is 2.32. The van der Waals surface area contributed by atoms with Gasteiger partial charge >= 0.3 is 12.2 Å². The van der Waals surface area contributed by atoms with E-state index in [0.717, 1.165) is 26.6 Å². The molecule has 0 radical (unpaired) electrons. The molecule has 0 saturated heterocycles. The molecule has 1 aromatic carbocycles. The van der Waals surface area contributed by atoms with E-state index < -0.39 is 17.3 Å². The number of hydrogen-bond donors (Lipinski definition) is 0. The number of ether oxygens (including phenoxy) is 2. The van der Waals surface area contributed by atoms with E-state index in [1.807, 2.05) is 59.7 Å². The van der Waals surface area contributed by atoms with E-state index >= 15 is 0 Å². The summed E-state index contributed by atoms with van der Waals surface area (Å²) >= 11 is 3.51. The predicted octanol–water partition coefficient (Wildman–Crippen LogP) is 5.52. The summed E-state index contributed by atoms with van der Waals surface area (Å²) in [6, 6.07) is 5.93. The second-order valence-electron chi connectivity index (χ2n) is 9.37. The molecule has 29 heavy (non-hydrogen) atoms. The van der Waals surface area contributed by atoms with Crippen LogP contribution >= 0.6 is 15.9 Å². The molecule has 0 spiro atoms. The van der Waals surface area contributed by atoms with Crippen molar-refractivity contribution in [3.8, 4) is 0 Å². The number of amides is 1. The molecule has 1 aliphatic heterocycles. The van der Waals surface area contributed by atoms with Gasteiger partial charge in [0.25, 0.3) is 0 Å². The SMILES string of the molecule is CC(C)(C)OC(=O)N1CCc2c(n(C(=O)OC(C)(C)C)c3cc(Br)ccc23)CC1. The third-order valence-electron chi connectivity index (χ3n) is 4.62. The summed E-state index contributed by atoms with van der Waals surface area (Å²) in [5.74, 6) is 0. The fraction of sp³-hybridized carbons (Fsp3) is 0.545. The van der Waals surface area contributed by atoms with Gasteiger partial charge in [-0.3, -0.25) is 0 Å². The normalized spacial score (nSPS) is 15.1. The molecule has 0 atom stereocenters. The van der Waals surface area contributed by atoms with Crippen molar-refractivity contribution >= 4 is 39.0 Å². The van der Waals surface area contributed by atoms with Crippen LogP contribution in [0.4, 0.5) is 9.59 Å². The highest BCUT2D eigenvalue weighted by Gasteiger charge is 2.30. The molecule has 1 aromatic heterocycles. The van der Waals surface area contributed by atoms with Crippen LogP contribution in [0.15, 0.2) is 22.7 Å². The van der Waals surface area contributed by atoms with Gasteiger partial charge in [0.1, 0.15) is 11.2 Å². The Balaban J connectivity index is 1.99. The zero-order valence-electron chi connectivity index (χ0n) is 18.0. The van der Waals surface area contributed by atoms with Crippen LogP contribution in [0.5, 0.6) is 0 Å². The lowest BCUT2D eigenvalue weighted by atomic mass is 10.1. The van der Waals surface area contributed by atoms with Gasteiger partial charge in [-0.15, -0.1) is 0 Å². The first-order chi connectivity index (χ1) is 13.4. The monoisotopic (exact) mass is 464 g/mol. The molecule has 158 valence electrons. The molecule has 0 fully saturated rings. The zero-order chi connectivity index (χ0) is 21.6. The number of hydrogen-bond acceptors (Lipinski definition) is 4. The standard InChI is InChI=1S/C22H29BrN2O4/c1-21(2,3)28-19(26)24-11-9-16-15-8-7-14(23)13-18(15)25(17(16)10-12-24)20(27)29-22(4,5)6/h7-8,13H,9-12H2,1-6H3. The maximum absolute atomic E-state index is 13.1. The fourth-order valence-corrected chi connectivity index (χ4v) is 3.90. The Morgan fingerprint density at radius 2 is 1.52 bits per heavy atom. The topological polar surface area (TPSA) is 60.8 Å². The van der Waals surface area contributed by atoms with Crippen molar-refractivity contribution in [3.05, 3.63) is 33.9 Å². The summed E-state index contributed by atoms with van der Waals surface area (Å²) < 4.78 is 13.8. The van der Waals surface area contributed by atoms with E-state index in [1.165, 1.54) is 0 Å². The number of halogens is 1. The molecule has 3 rings (SSSR count). The third-order valence-corrected chi connectivity index (χ3v) is 5.12. The molecular formula is C22H29BrN2O4. The van der Waals surface area contributed by atoms with Crippen molar-refractivity contribution in [2.24, 2.45) is 0 Å². The van der Waals surface area contributed by atoms with E-state index in [1.54, 1.807) is 9.47 Å². The molecule has 6 nitrogen and oxygen atoms in total. The minimum atomic E-state index is -0.597. The van der Waals surface area contributed by atoms with Crippen LogP contribution < -0.4 is 0 Å². The number of carbonyl (C=O) groups excluding carboxylic acids is 2. The first-order valence-corrected chi connectivity index (χ1v) is 10.7. The number of aromatic nitrogens is 1. The van der Waals surface area contributed by atoms with Gasteiger partial charge in [-0.25, -0.2) is 14.2 Å².